The molecule has 6 heteroatoms. The summed E-state index contributed by atoms with van der Waals surface area (Å²) in [6, 6.07) is 6.24. The molecule has 114 valence electrons. The number of benzene rings is 1. The fourth-order valence-corrected chi connectivity index (χ4v) is 3.13. The Morgan fingerprint density at radius 2 is 1.95 bits per heavy atom. The Kier molecular flexibility index (Phi) is 6.45. The Balaban J connectivity index is 2.74. The molecule has 0 bridgehead atoms. The molecule has 0 aliphatic carbocycles. The van der Waals surface area contributed by atoms with Crippen molar-refractivity contribution in [3.63, 3.8) is 0 Å². The zero-order chi connectivity index (χ0) is 15.2. The van der Waals surface area contributed by atoms with Gasteiger partial charge in [0.1, 0.15) is 5.75 Å². The molecule has 0 amide bonds. The highest BCUT2D eigenvalue weighted by molar-refractivity contribution is 7.89. The molecule has 0 aromatic heterocycles. The van der Waals surface area contributed by atoms with Crippen LogP contribution in [0, 0.1) is 5.92 Å². The van der Waals surface area contributed by atoms with Gasteiger partial charge in [0.2, 0.25) is 10.0 Å². The van der Waals surface area contributed by atoms with Crippen molar-refractivity contribution in [3.8, 4) is 5.75 Å². The second-order valence-corrected chi connectivity index (χ2v) is 6.44. The van der Waals surface area contributed by atoms with Gasteiger partial charge in [-0.1, -0.05) is 32.8 Å². The molecule has 20 heavy (non-hydrogen) atoms. The topological polar surface area (TPSA) is 75.6 Å². The van der Waals surface area contributed by atoms with Crippen LogP contribution in [-0.4, -0.2) is 33.3 Å². The minimum atomic E-state index is -3.63. The highest BCUT2D eigenvalue weighted by Gasteiger charge is 2.20. The molecule has 0 radical (unpaired) electrons. The third-order valence-electron chi connectivity index (χ3n) is 3.43. The van der Waals surface area contributed by atoms with Gasteiger partial charge in [0.25, 0.3) is 0 Å². The zero-order valence-electron chi connectivity index (χ0n) is 12.2. The molecule has 1 rings (SSSR count). The smallest absolute Gasteiger partial charge is 0.240 e. The molecular weight excluding hydrogens is 278 g/mol. The second-order valence-electron chi connectivity index (χ2n) is 4.67. The molecule has 0 spiro atoms. The van der Waals surface area contributed by atoms with Crippen molar-refractivity contribution in [1.29, 1.82) is 0 Å². The van der Waals surface area contributed by atoms with E-state index in [0.29, 0.717) is 5.75 Å². The summed E-state index contributed by atoms with van der Waals surface area (Å²) >= 11 is 0. The third-order valence-corrected chi connectivity index (χ3v) is 4.85. The lowest BCUT2D eigenvalue weighted by molar-refractivity contribution is 0.107. The van der Waals surface area contributed by atoms with Crippen LogP contribution >= 0.6 is 0 Å². The maximum absolute atomic E-state index is 12.1. The van der Waals surface area contributed by atoms with Gasteiger partial charge in [-0.15, -0.1) is 0 Å². The van der Waals surface area contributed by atoms with E-state index in [2.05, 4.69) is 4.72 Å². The van der Waals surface area contributed by atoms with Crippen LogP contribution < -0.4 is 9.46 Å². The molecule has 1 atom stereocenters. The average Bonchev–Trinajstić information content (AvgIpc) is 2.46. The molecule has 0 saturated heterocycles. The van der Waals surface area contributed by atoms with Crippen molar-refractivity contribution in [1.82, 2.24) is 4.72 Å². The van der Waals surface area contributed by atoms with E-state index in [1.54, 1.807) is 12.1 Å². The second kappa shape index (κ2) is 7.61. The Labute approximate surface area is 121 Å². The van der Waals surface area contributed by atoms with E-state index in [-0.39, 0.29) is 17.4 Å². The number of aliphatic hydroxyl groups excluding tert-OH is 1. The van der Waals surface area contributed by atoms with Crippen LogP contribution in [0.15, 0.2) is 29.2 Å². The number of hydrogen-bond acceptors (Lipinski definition) is 4. The van der Waals surface area contributed by atoms with Gasteiger partial charge in [-0.05, 0) is 18.1 Å². The number of methoxy groups -OCH3 is 1. The number of rotatable bonds is 8. The summed E-state index contributed by atoms with van der Waals surface area (Å²) in [7, 11) is -2.15. The van der Waals surface area contributed by atoms with Crippen LogP contribution in [0.1, 0.15) is 26.7 Å². The van der Waals surface area contributed by atoms with Crippen molar-refractivity contribution in [2.75, 3.05) is 13.7 Å². The summed E-state index contributed by atoms with van der Waals surface area (Å²) in [5.74, 6) is 0.580. The fraction of sp³-hybridized carbons (Fsp3) is 0.571. The standard InChI is InChI=1S/C14H23NO4S/c1-4-11(5-2)14(16)10-15-20(17,18)13-8-6-7-12(9-13)19-3/h6-9,11,14-16H,4-5,10H2,1-3H3. The van der Waals surface area contributed by atoms with Crippen molar-refractivity contribution in [2.24, 2.45) is 5.92 Å². The normalized spacial score (nSPS) is 13.4. The van der Waals surface area contributed by atoms with Crippen molar-refractivity contribution < 1.29 is 18.3 Å². The van der Waals surface area contributed by atoms with Crippen LogP contribution in [-0.2, 0) is 10.0 Å². The van der Waals surface area contributed by atoms with Gasteiger partial charge >= 0.3 is 0 Å². The van der Waals surface area contributed by atoms with Crippen LogP contribution in [0.3, 0.4) is 0 Å². The Morgan fingerprint density at radius 1 is 1.30 bits per heavy atom. The first-order valence-corrected chi connectivity index (χ1v) is 8.24. The maximum Gasteiger partial charge on any atom is 0.240 e. The summed E-state index contributed by atoms with van der Waals surface area (Å²) < 4.78 is 31.7. The van der Waals surface area contributed by atoms with Gasteiger partial charge < -0.3 is 9.84 Å². The Hall–Kier alpha value is -1.11. The molecule has 0 heterocycles. The summed E-state index contributed by atoms with van der Waals surface area (Å²) in [5.41, 5.74) is 0. The molecule has 5 nitrogen and oxygen atoms in total. The van der Waals surface area contributed by atoms with Gasteiger partial charge in [-0.3, -0.25) is 0 Å². The highest BCUT2D eigenvalue weighted by Crippen LogP contribution is 2.17. The van der Waals surface area contributed by atoms with E-state index < -0.39 is 16.1 Å². The largest absolute Gasteiger partial charge is 0.497 e. The zero-order valence-corrected chi connectivity index (χ0v) is 13.0. The first-order valence-electron chi connectivity index (χ1n) is 6.76. The first-order chi connectivity index (χ1) is 9.44. The van der Waals surface area contributed by atoms with E-state index in [9.17, 15) is 13.5 Å². The van der Waals surface area contributed by atoms with Crippen LogP contribution in [0.4, 0.5) is 0 Å². The first kappa shape index (κ1) is 16.9. The fourth-order valence-electron chi connectivity index (χ4n) is 2.05. The minimum absolute atomic E-state index is 0.0197. The molecule has 1 aromatic carbocycles. The van der Waals surface area contributed by atoms with Gasteiger partial charge in [-0.25, -0.2) is 13.1 Å². The van der Waals surface area contributed by atoms with Crippen LogP contribution in [0.25, 0.3) is 0 Å². The maximum atomic E-state index is 12.1. The predicted octanol–water partition coefficient (Wildman–Crippen LogP) is 1.77. The summed E-state index contributed by atoms with van der Waals surface area (Å²) in [5, 5.41) is 9.97. The van der Waals surface area contributed by atoms with Gasteiger partial charge in [0.15, 0.2) is 0 Å². The molecule has 0 aliphatic rings. The van der Waals surface area contributed by atoms with Crippen molar-refractivity contribution in [3.05, 3.63) is 24.3 Å². The number of nitrogens with one attached hydrogen (secondary N) is 1. The lowest BCUT2D eigenvalue weighted by atomic mass is 9.97. The van der Waals surface area contributed by atoms with E-state index in [4.69, 9.17) is 4.74 Å². The van der Waals surface area contributed by atoms with E-state index in [1.807, 2.05) is 13.8 Å². The molecule has 0 fully saturated rings. The summed E-state index contributed by atoms with van der Waals surface area (Å²) in [6.07, 6.45) is 0.960. The molecule has 2 N–H and O–H groups in total. The monoisotopic (exact) mass is 301 g/mol. The van der Waals surface area contributed by atoms with Gasteiger partial charge in [0.05, 0.1) is 18.1 Å². The average molecular weight is 301 g/mol. The quantitative estimate of drug-likeness (QED) is 0.767. The van der Waals surface area contributed by atoms with Gasteiger partial charge in [-0.2, -0.15) is 0 Å². The molecule has 1 unspecified atom stereocenters. The highest BCUT2D eigenvalue weighted by atomic mass is 32.2. The van der Waals surface area contributed by atoms with Crippen LogP contribution in [0.5, 0.6) is 5.75 Å². The number of hydrogen-bond donors (Lipinski definition) is 2. The third kappa shape index (κ3) is 4.47. The predicted molar refractivity (Wildman–Crippen MR) is 78.3 cm³/mol. The van der Waals surface area contributed by atoms with E-state index in [0.717, 1.165) is 12.8 Å². The minimum Gasteiger partial charge on any atom is -0.497 e. The number of aliphatic hydroxyl groups is 1. The van der Waals surface area contributed by atoms with Gasteiger partial charge in [0, 0.05) is 12.6 Å². The van der Waals surface area contributed by atoms with E-state index >= 15 is 0 Å². The Morgan fingerprint density at radius 3 is 2.50 bits per heavy atom. The van der Waals surface area contributed by atoms with Crippen LogP contribution in [0.2, 0.25) is 0 Å². The molecule has 0 aliphatic heterocycles. The lowest BCUT2D eigenvalue weighted by Crippen LogP contribution is -2.36. The molecular formula is C14H23NO4S. The Bertz CT molecular complexity index is 512. The van der Waals surface area contributed by atoms with Crippen molar-refractivity contribution in [2.45, 2.75) is 37.7 Å². The molecule has 0 saturated carbocycles. The van der Waals surface area contributed by atoms with Crippen molar-refractivity contribution >= 4 is 10.0 Å². The van der Waals surface area contributed by atoms with E-state index in [1.165, 1.54) is 19.2 Å². The SMILES string of the molecule is CCC(CC)C(O)CNS(=O)(=O)c1cccc(OC)c1. The molecule has 1 aromatic rings. The summed E-state index contributed by atoms with van der Waals surface area (Å²) in [6.45, 7) is 3.98. The number of sulfonamides is 1. The summed E-state index contributed by atoms with van der Waals surface area (Å²) in [4.78, 5) is 0.133. The number of ether oxygens (including phenoxy) is 1. The lowest BCUT2D eigenvalue weighted by Gasteiger charge is -2.20.